The lowest BCUT2D eigenvalue weighted by atomic mass is 9.77. The molecule has 0 atom stereocenters. The first-order valence-electron chi connectivity index (χ1n) is 12.8. The summed E-state index contributed by atoms with van der Waals surface area (Å²) in [6.07, 6.45) is 0.964. The fourth-order valence-electron chi connectivity index (χ4n) is 6.19. The number of hydrogen-bond donors (Lipinski definition) is 0. The van der Waals surface area contributed by atoms with Crippen molar-refractivity contribution >= 4 is 10.8 Å². The fraction of sp³-hybridized carbons (Fsp3) is 0.0556. The first-order valence-corrected chi connectivity index (χ1v) is 12.8. The molecule has 0 saturated heterocycles. The zero-order valence-electron chi connectivity index (χ0n) is 20.3. The van der Waals surface area contributed by atoms with Crippen LogP contribution >= 0.6 is 0 Å². The van der Waals surface area contributed by atoms with Crippen LogP contribution in [0, 0.1) is 0 Å². The maximum atomic E-state index is 2.32. The van der Waals surface area contributed by atoms with E-state index in [1.807, 2.05) is 0 Å². The highest BCUT2D eigenvalue weighted by atomic mass is 14.3. The highest BCUT2D eigenvalue weighted by Gasteiger charge is 2.32. The van der Waals surface area contributed by atoms with E-state index in [4.69, 9.17) is 0 Å². The highest BCUT2D eigenvalue weighted by molar-refractivity contribution is 6.22. The van der Waals surface area contributed by atoms with Crippen molar-refractivity contribution in [1.82, 2.24) is 0 Å². The number of rotatable bonds is 4. The Morgan fingerprint density at radius 2 is 0.833 bits per heavy atom. The molecule has 0 aliphatic heterocycles. The molecule has 7 rings (SSSR count). The lowest BCUT2D eigenvalue weighted by molar-refractivity contribution is 1.15. The van der Waals surface area contributed by atoms with Crippen LogP contribution in [0.25, 0.3) is 66.4 Å². The van der Waals surface area contributed by atoms with Gasteiger partial charge >= 0.3 is 0 Å². The van der Waals surface area contributed by atoms with E-state index in [0.29, 0.717) is 0 Å². The van der Waals surface area contributed by atoms with E-state index in [1.165, 1.54) is 72.0 Å². The van der Waals surface area contributed by atoms with Crippen LogP contribution < -0.4 is 0 Å². The fourth-order valence-corrected chi connectivity index (χ4v) is 6.19. The van der Waals surface area contributed by atoms with Crippen LogP contribution in [0.4, 0.5) is 0 Å². The minimum absolute atomic E-state index is 0.964. The molecule has 0 aromatic heterocycles. The number of benzene rings is 6. The minimum Gasteiger partial charge on any atom is -0.0622 e. The van der Waals surface area contributed by atoms with Gasteiger partial charge in [0.2, 0.25) is 0 Å². The maximum absolute atomic E-state index is 2.32. The Morgan fingerprint density at radius 1 is 0.389 bits per heavy atom. The van der Waals surface area contributed by atoms with Crippen molar-refractivity contribution in [2.45, 2.75) is 13.3 Å². The molecule has 0 fully saturated rings. The summed E-state index contributed by atoms with van der Waals surface area (Å²) in [5.74, 6) is 0. The zero-order valence-corrected chi connectivity index (χ0v) is 20.3. The Kier molecular flexibility index (Phi) is 4.85. The van der Waals surface area contributed by atoms with Gasteiger partial charge in [-0.15, -0.1) is 0 Å². The Labute approximate surface area is 212 Å². The minimum atomic E-state index is 0.964. The molecule has 0 spiro atoms. The Bertz CT molecular complexity index is 1720. The molecular formula is C36H26. The molecule has 170 valence electrons. The van der Waals surface area contributed by atoms with Gasteiger partial charge in [0.25, 0.3) is 0 Å². The second-order valence-electron chi connectivity index (χ2n) is 9.51. The van der Waals surface area contributed by atoms with E-state index in [1.54, 1.807) is 0 Å². The van der Waals surface area contributed by atoms with Gasteiger partial charge in [-0.25, -0.2) is 0 Å². The Balaban J connectivity index is 1.77. The molecule has 0 amide bonds. The molecule has 6 aromatic carbocycles. The van der Waals surface area contributed by atoms with Crippen LogP contribution in [0.15, 0.2) is 127 Å². The summed E-state index contributed by atoms with van der Waals surface area (Å²) in [5.41, 5.74) is 14.7. The summed E-state index contributed by atoms with van der Waals surface area (Å²) < 4.78 is 0. The molecule has 1 aliphatic rings. The van der Waals surface area contributed by atoms with Gasteiger partial charge in [0.05, 0.1) is 0 Å². The van der Waals surface area contributed by atoms with Gasteiger partial charge in [0.1, 0.15) is 0 Å². The average molecular weight is 459 g/mol. The van der Waals surface area contributed by atoms with E-state index in [0.717, 1.165) is 6.42 Å². The van der Waals surface area contributed by atoms with Gasteiger partial charge in [-0.3, -0.25) is 0 Å². The van der Waals surface area contributed by atoms with Crippen molar-refractivity contribution in [3.8, 4) is 55.6 Å². The topological polar surface area (TPSA) is 0 Å². The van der Waals surface area contributed by atoms with E-state index < -0.39 is 0 Å². The lowest BCUT2D eigenvalue weighted by Gasteiger charge is -2.25. The lowest BCUT2D eigenvalue weighted by Crippen LogP contribution is -2.01. The second kappa shape index (κ2) is 8.36. The zero-order chi connectivity index (χ0) is 24.1. The van der Waals surface area contributed by atoms with Crippen LogP contribution in [-0.2, 0) is 6.42 Å². The predicted molar refractivity (Wildman–Crippen MR) is 154 cm³/mol. The van der Waals surface area contributed by atoms with Crippen LogP contribution in [0.3, 0.4) is 0 Å². The summed E-state index contributed by atoms with van der Waals surface area (Å²) in [6, 6.07) is 46.5. The van der Waals surface area contributed by atoms with Crippen molar-refractivity contribution in [2.24, 2.45) is 0 Å². The standard InChI is InChI=1S/C36H26/c1-2-28-32(25-14-6-3-7-15-25)33(26-16-8-4-9-17-26)34(27-18-10-5-11-19-27)36-30-23-13-21-24-20-12-22-29(31(24)30)35(28)36/h3-23H,2H2,1H3. The molecule has 0 N–H and O–H groups in total. The summed E-state index contributed by atoms with van der Waals surface area (Å²) >= 11 is 0. The third-order valence-corrected chi connectivity index (χ3v) is 7.59. The van der Waals surface area contributed by atoms with Crippen LogP contribution in [0.2, 0.25) is 0 Å². The summed E-state index contributed by atoms with van der Waals surface area (Å²) in [5, 5.41) is 2.69. The smallest absolute Gasteiger partial charge is 0.00107 e. The van der Waals surface area contributed by atoms with Gasteiger partial charge < -0.3 is 0 Å². The van der Waals surface area contributed by atoms with Crippen LogP contribution in [0.5, 0.6) is 0 Å². The Hall–Kier alpha value is -4.42. The molecule has 0 unspecified atom stereocenters. The van der Waals surface area contributed by atoms with Crippen LogP contribution in [-0.4, -0.2) is 0 Å². The summed E-state index contributed by atoms with van der Waals surface area (Å²) in [7, 11) is 0. The summed E-state index contributed by atoms with van der Waals surface area (Å²) in [6.45, 7) is 2.31. The van der Waals surface area contributed by atoms with Gasteiger partial charge in [0.15, 0.2) is 0 Å². The summed E-state index contributed by atoms with van der Waals surface area (Å²) in [4.78, 5) is 0. The van der Waals surface area contributed by atoms with Gasteiger partial charge in [-0.2, -0.15) is 0 Å². The molecule has 36 heavy (non-hydrogen) atoms. The SMILES string of the molecule is CCc1c(-c2ccccc2)c(-c2ccccc2)c(-c2ccccc2)c2c1-c1cccc3cccc-2c13. The monoisotopic (exact) mass is 458 g/mol. The maximum Gasteiger partial charge on any atom is -0.00107 e. The van der Waals surface area contributed by atoms with Crippen molar-refractivity contribution in [3.05, 3.63) is 133 Å². The molecule has 1 aliphatic carbocycles. The predicted octanol–water partition coefficient (Wildman–Crippen LogP) is 10.1. The van der Waals surface area contributed by atoms with Crippen molar-refractivity contribution in [2.75, 3.05) is 0 Å². The quantitative estimate of drug-likeness (QED) is 0.246. The second-order valence-corrected chi connectivity index (χ2v) is 9.51. The van der Waals surface area contributed by atoms with Crippen LogP contribution in [0.1, 0.15) is 12.5 Å². The van der Waals surface area contributed by atoms with Crippen molar-refractivity contribution in [1.29, 1.82) is 0 Å². The van der Waals surface area contributed by atoms with E-state index >= 15 is 0 Å². The molecule has 0 heterocycles. The normalized spacial score (nSPS) is 11.6. The molecule has 0 heteroatoms. The molecule has 0 bridgehead atoms. The van der Waals surface area contributed by atoms with Gasteiger partial charge in [0, 0.05) is 0 Å². The highest BCUT2D eigenvalue weighted by Crippen LogP contribution is 2.58. The van der Waals surface area contributed by atoms with Gasteiger partial charge in [-0.05, 0) is 78.4 Å². The average Bonchev–Trinajstić information content (AvgIpc) is 3.29. The number of hydrogen-bond acceptors (Lipinski definition) is 0. The molecule has 6 aromatic rings. The first kappa shape index (κ1) is 20.9. The molecule has 0 nitrogen and oxygen atoms in total. The van der Waals surface area contributed by atoms with Crippen molar-refractivity contribution < 1.29 is 0 Å². The number of fused-ring (bicyclic) bond motifs is 3. The van der Waals surface area contributed by atoms with Gasteiger partial charge in [-0.1, -0.05) is 134 Å². The first-order chi connectivity index (χ1) is 17.9. The third-order valence-electron chi connectivity index (χ3n) is 7.59. The van der Waals surface area contributed by atoms with E-state index in [9.17, 15) is 0 Å². The molecule has 0 saturated carbocycles. The van der Waals surface area contributed by atoms with Crippen molar-refractivity contribution in [3.63, 3.8) is 0 Å². The molecule has 0 radical (unpaired) electrons. The van der Waals surface area contributed by atoms with E-state index in [2.05, 4.69) is 134 Å². The third kappa shape index (κ3) is 3.01. The largest absolute Gasteiger partial charge is 0.0622 e. The van der Waals surface area contributed by atoms with E-state index in [-0.39, 0.29) is 0 Å². The molecular weight excluding hydrogens is 432 g/mol. The Morgan fingerprint density at radius 3 is 1.33 bits per heavy atom.